The van der Waals surface area contributed by atoms with E-state index < -0.39 is 5.97 Å². The van der Waals surface area contributed by atoms with Gasteiger partial charge in [0.05, 0.1) is 0 Å². The second-order valence-electron chi connectivity index (χ2n) is 8.47. The molecule has 2 saturated carbocycles. The van der Waals surface area contributed by atoms with E-state index in [0.29, 0.717) is 6.42 Å². The molecule has 0 saturated heterocycles. The zero-order valence-corrected chi connectivity index (χ0v) is 15.6. The highest BCUT2D eigenvalue weighted by atomic mass is 16.4. The first-order valence-electron chi connectivity index (χ1n) is 9.88. The van der Waals surface area contributed by atoms with E-state index >= 15 is 0 Å². The smallest absolute Gasteiger partial charge is 0.354 e. The lowest BCUT2D eigenvalue weighted by atomic mass is 9.67. The van der Waals surface area contributed by atoms with Crippen molar-refractivity contribution >= 4 is 16.9 Å². The molecule has 0 amide bonds. The van der Waals surface area contributed by atoms with Crippen molar-refractivity contribution in [1.29, 1.82) is 0 Å². The summed E-state index contributed by atoms with van der Waals surface area (Å²) in [6, 6.07) is 12.1. The van der Waals surface area contributed by atoms with Crippen LogP contribution in [0.4, 0.5) is 0 Å². The van der Waals surface area contributed by atoms with Gasteiger partial charge >= 0.3 is 5.97 Å². The predicted molar refractivity (Wildman–Crippen MR) is 105 cm³/mol. The summed E-state index contributed by atoms with van der Waals surface area (Å²) in [6.45, 7) is 2.34. The van der Waals surface area contributed by atoms with Gasteiger partial charge in [-0.15, -0.1) is 0 Å². The lowest BCUT2D eigenvalue weighted by molar-refractivity contribution is 0.0690. The minimum Gasteiger partial charge on any atom is -0.477 e. The van der Waals surface area contributed by atoms with Gasteiger partial charge in [-0.25, -0.2) is 9.78 Å². The number of hydrogen-bond donors (Lipinski definition) is 2. The van der Waals surface area contributed by atoms with Gasteiger partial charge < -0.3 is 10.1 Å². The van der Waals surface area contributed by atoms with E-state index in [1.54, 1.807) is 12.1 Å². The first-order valence-corrected chi connectivity index (χ1v) is 9.88. The van der Waals surface area contributed by atoms with Crippen LogP contribution in [0, 0.1) is 0 Å². The van der Waals surface area contributed by atoms with Crippen molar-refractivity contribution in [3.8, 4) is 0 Å². The first-order chi connectivity index (χ1) is 13.0. The molecule has 1 aromatic carbocycles. The highest BCUT2D eigenvalue weighted by molar-refractivity contribution is 5.87. The summed E-state index contributed by atoms with van der Waals surface area (Å²) in [4.78, 5) is 19.4. The third kappa shape index (κ3) is 2.84. The summed E-state index contributed by atoms with van der Waals surface area (Å²) >= 11 is 0. The Morgan fingerprint density at radius 1 is 1.26 bits per heavy atom. The number of pyridine rings is 1. The van der Waals surface area contributed by atoms with Crippen molar-refractivity contribution in [3.05, 3.63) is 64.6 Å². The summed E-state index contributed by atoms with van der Waals surface area (Å²) in [5.74, 6) is -0.242. The van der Waals surface area contributed by atoms with E-state index in [0.717, 1.165) is 11.6 Å². The Morgan fingerprint density at radius 2 is 2.07 bits per heavy atom. The molecule has 0 aliphatic heterocycles. The molecule has 2 fully saturated rings. The number of H-pyrrole nitrogens is 1. The van der Waals surface area contributed by atoms with Gasteiger partial charge in [0.2, 0.25) is 0 Å². The second kappa shape index (κ2) is 5.95. The van der Waals surface area contributed by atoms with Gasteiger partial charge in [0.1, 0.15) is 5.69 Å². The molecule has 2 aromatic heterocycles. The molecule has 0 bridgehead atoms. The molecular formula is C23H24N2O2. The summed E-state index contributed by atoms with van der Waals surface area (Å²) in [5, 5.41) is 10.5. The average molecular weight is 360 g/mol. The van der Waals surface area contributed by atoms with Gasteiger partial charge in [-0.2, -0.15) is 0 Å². The van der Waals surface area contributed by atoms with E-state index in [9.17, 15) is 9.90 Å². The fraction of sp³-hybridized carbons (Fsp3) is 0.391. The molecule has 4 nitrogen and oxygen atoms in total. The highest BCUT2D eigenvalue weighted by Gasteiger charge is 2.37. The standard InChI is InChI=1S/C23H24N2O2/c1-23(10-3-11-23)21-18(13-16-4-2-5-19(24-16)22(26)27)17-9-8-15(14-6-7-14)12-20(17)25-21/h2,4-5,8-9,12,14,25H,3,6-7,10-11,13H2,1H3,(H,26,27). The van der Waals surface area contributed by atoms with Crippen LogP contribution >= 0.6 is 0 Å². The molecule has 2 aliphatic rings. The van der Waals surface area contributed by atoms with E-state index in [2.05, 4.69) is 35.1 Å². The molecule has 0 unspecified atom stereocenters. The number of carbonyl (C=O) groups is 1. The van der Waals surface area contributed by atoms with E-state index in [1.165, 1.54) is 59.8 Å². The Balaban J connectivity index is 1.61. The normalized spacial score (nSPS) is 18.4. The maximum Gasteiger partial charge on any atom is 0.354 e. The molecule has 27 heavy (non-hydrogen) atoms. The Hall–Kier alpha value is -2.62. The Kier molecular flexibility index (Phi) is 3.64. The van der Waals surface area contributed by atoms with Crippen LogP contribution in [-0.2, 0) is 11.8 Å². The van der Waals surface area contributed by atoms with Crippen LogP contribution in [0.25, 0.3) is 10.9 Å². The fourth-order valence-electron chi connectivity index (χ4n) is 4.48. The molecule has 138 valence electrons. The summed E-state index contributed by atoms with van der Waals surface area (Å²) in [7, 11) is 0. The number of nitrogens with zero attached hydrogens (tertiary/aromatic N) is 1. The largest absolute Gasteiger partial charge is 0.477 e. The van der Waals surface area contributed by atoms with Gasteiger partial charge in [0.15, 0.2) is 0 Å². The lowest BCUT2D eigenvalue weighted by Crippen LogP contribution is -2.31. The zero-order chi connectivity index (χ0) is 18.6. The van der Waals surface area contributed by atoms with Crippen LogP contribution in [0.5, 0.6) is 0 Å². The van der Waals surface area contributed by atoms with Crippen molar-refractivity contribution < 1.29 is 9.90 Å². The number of rotatable bonds is 5. The van der Waals surface area contributed by atoms with Crippen molar-refractivity contribution in [1.82, 2.24) is 9.97 Å². The number of hydrogen-bond acceptors (Lipinski definition) is 2. The third-order valence-electron chi connectivity index (χ3n) is 6.42. The highest BCUT2D eigenvalue weighted by Crippen LogP contribution is 2.47. The minimum absolute atomic E-state index is 0.111. The van der Waals surface area contributed by atoms with Gasteiger partial charge in [-0.05, 0) is 60.9 Å². The lowest BCUT2D eigenvalue weighted by Gasteiger charge is -2.38. The number of aromatic nitrogens is 2. The predicted octanol–water partition coefficient (Wildman–Crippen LogP) is 5.17. The second-order valence-corrected chi connectivity index (χ2v) is 8.47. The van der Waals surface area contributed by atoms with E-state index in [-0.39, 0.29) is 11.1 Å². The summed E-state index contributed by atoms with van der Waals surface area (Å²) in [6.07, 6.45) is 6.93. The van der Waals surface area contributed by atoms with Gasteiger partial charge in [0.25, 0.3) is 0 Å². The number of nitrogens with one attached hydrogen (secondary N) is 1. The van der Waals surface area contributed by atoms with E-state index in [4.69, 9.17) is 0 Å². The van der Waals surface area contributed by atoms with Crippen LogP contribution in [-0.4, -0.2) is 21.0 Å². The monoisotopic (exact) mass is 360 g/mol. The molecule has 0 atom stereocenters. The maximum atomic E-state index is 11.3. The number of fused-ring (bicyclic) bond motifs is 1. The average Bonchev–Trinajstić information content (AvgIpc) is 3.43. The number of benzene rings is 1. The molecule has 2 heterocycles. The molecule has 0 spiro atoms. The molecule has 5 rings (SSSR count). The number of aromatic amines is 1. The molecule has 4 heteroatoms. The van der Waals surface area contributed by atoms with Crippen molar-refractivity contribution in [2.45, 2.75) is 56.8 Å². The van der Waals surface area contributed by atoms with Gasteiger partial charge in [0, 0.05) is 34.1 Å². The third-order valence-corrected chi connectivity index (χ3v) is 6.42. The van der Waals surface area contributed by atoms with Crippen LogP contribution in [0.15, 0.2) is 36.4 Å². The zero-order valence-electron chi connectivity index (χ0n) is 15.6. The number of carboxylic acid groups (broad SMARTS) is 1. The first kappa shape index (κ1) is 16.5. The van der Waals surface area contributed by atoms with Gasteiger partial charge in [-0.1, -0.05) is 31.5 Å². The van der Waals surface area contributed by atoms with Crippen LogP contribution in [0.2, 0.25) is 0 Å². The molecule has 3 aromatic rings. The van der Waals surface area contributed by atoms with E-state index in [1.807, 2.05) is 6.07 Å². The molecule has 2 N–H and O–H groups in total. The van der Waals surface area contributed by atoms with Crippen LogP contribution in [0.3, 0.4) is 0 Å². The Bertz CT molecular complexity index is 1040. The Labute approximate surface area is 158 Å². The molecule has 2 aliphatic carbocycles. The SMILES string of the molecule is CC1(c2[nH]c3cc(C4CC4)ccc3c2Cc2cccc(C(=O)O)n2)CCC1. The van der Waals surface area contributed by atoms with Crippen molar-refractivity contribution in [2.24, 2.45) is 0 Å². The topological polar surface area (TPSA) is 66.0 Å². The fourth-order valence-corrected chi connectivity index (χ4v) is 4.48. The van der Waals surface area contributed by atoms with Crippen molar-refractivity contribution in [2.75, 3.05) is 0 Å². The Morgan fingerprint density at radius 3 is 2.74 bits per heavy atom. The number of aromatic carboxylic acids is 1. The number of carboxylic acids is 1. The van der Waals surface area contributed by atoms with Crippen molar-refractivity contribution in [3.63, 3.8) is 0 Å². The quantitative estimate of drug-likeness (QED) is 0.659. The molecule has 0 radical (unpaired) electrons. The van der Waals surface area contributed by atoms with Crippen LogP contribution in [0.1, 0.15) is 77.9 Å². The van der Waals surface area contributed by atoms with Gasteiger partial charge in [-0.3, -0.25) is 0 Å². The molecular weight excluding hydrogens is 336 g/mol. The maximum absolute atomic E-state index is 11.3. The minimum atomic E-state index is -0.976. The van der Waals surface area contributed by atoms with Crippen LogP contribution < -0.4 is 0 Å². The summed E-state index contributed by atoms with van der Waals surface area (Å²) in [5.41, 5.74) is 6.37. The summed E-state index contributed by atoms with van der Waals surface area (Å²) < 4.78 is 0.